The zero-order valence-corrected chi connectivity index (χ0v) is 48.4. The Morgan fingerprint density at radius 2 is 0.763 bits per heavy atom. The molecule has 0 fully saturated rings. The van der Waals surface area contributed by atoms with Gasteiger partial charge in [-0.3, -0.25) is 4.57 Å². The summed E-state index contributed by atoms with van der Waals surface area (Å²) >= 11 is 0. The number of carboxylic acids is 5. The molecule has 0 aliphatic rings. The molecular weight excluding hydrogens is 1190 g/mol. The Morgan fingerprint density at radius 1 is 0.333 bits per heavy atom. The minimum absolute atomic E-state index is 0.236. The molecule has 6 heterocycles. The summed E-state index contributed by atoms with van der Waals surface area (Å²) in [5.41, 5.74) is 8.83. The van der Waals surface area contributed by atoms with Gasteiger partial charge in [-0.05, 0) is 182 Å². The van der Waals surface area contributed by atoms with Crippen LogP contribution in [0.25, 0.3) is 83.2 Å². The summed E-state index contributed by atoms with van der Waals surface area (Å²) in [5, 5.41) is 53.3. The monoisotopic (exact) mass is 1240 g/mol. The first-order chi connectivity index (χ1) is 45.0. The quantitative estimate of drug-likeness (QED) is 0.0856. The Hall–Kier alpha value is -13.2. The lowest BCUT2D eigenvalue weighted by Gasteiger charge is -2.06. The van der Waals surface area contributed by atoms with Crippen molar-refractivity contribution in [3.05, 3.63) is 313 Å². The molecule has 6 aromatic heterocycles. The number of hydrogen-bond donors (Lipinski definition) is 5. The molecule has 21 heteroatoms. The van der Waals surface area contributed by atoms with Crippen LogP contribution in [0.1, 0.15) is 51.8 Å². The number of rotatable bonds is 10. The van der Waals surface area contributed by atoms with Gasteiger partial charge in [-0.15, -0.1) is 0 Å². The van der Waals surface area contributed by atoms with Crippen LogP contribution in [0.3, 0.4) is 0 Å². The second kappa shape index (κ2) is 27.1. The fourth-order valence-corrected chi connectivity index (χ4v) is 10.3. The molecule has 0 unspecified atom stereocenters. The average molecular weight is 1240 g/mol. The first kappa shape index (κ1) is 61.5. The second-order valence-corrected chi connectivity index (χ2v) is 20.4. The van der Waals surface area contributed by atoms with Gasteiger partial charge in [-0.2, -0.15) is 5.10 Å². The maximum absolute atomic E-state index is 12.9. The van der Waals surface area contributed by atoms with E-state index in [1.54, 1.807) is 168 Å². The van der Waals surface area contributed by atoms with E-state index in [-0.39, 0.29) is 45.3 Å². The number of aromatic carboxylic acids is 5. The Kier molecular flexibility index (Phi) is 17.9. The van der Waals surface area contributed by atoms with Crippen molar-refractivity contribution in [1.29, 1.82) is 0 Å². The normalized spacial score (nSPS) is 10.7. The van der Waals surface area contributed by atoms with E-state index in [4.69, 9.17) is 20.4 Å². The van der Waals surface area contributed by atoms with Crippen LogP contribution in [0.2, 0.25) is 0 Å². The molecule has 9 aromatic carbocycles. The lowest BCUT2D eigenvalue weighted by Crippen LogP contribution is -1.99. The topological polar surface area (TPSA) is 250 Å². The van der Waals surface area contributed by atoms with Crippen molar-refractivity contribution in [2.45, 2.75) is 0 Å². The zero-order chi connectivity index (χ0) is 65.3. The first-order valence-electron chi connectivity index (χ1n) is 28.2. The lowest BCUT2D eigenvalue weighted by atomic mass is 10.1. The highest BCUT2D eigenvalue weighted by molar-refractivity contribution is 6.05. The third kappa shape index (κ3) is 13.6. The molecule has 0 amide bonds. The summed E-state index contributed by atoms with van der Waals surface area (Å²) in [6.07, 6.45) is 12.0. The highest BCUT2D eigenvalue weighted by Crippen LogP contribution is 2.28. The number of halogens is 3. The third-order valence-electron chi connectivity index (χ3n) is 14.7. The van der Waals surface area contributed by atoms with Crippen molar-refractivity contribution < 1.29 is 62.7 Å². The van der Waals surface area contributed by atoms with E-state index >= 15 is 0 Å². The number of fused-ring (bicyclic) bond motifs is 5. The second-order valence-electron chi connectivity index (χ2n) is 20.4. The van der Waals surface area contributed by atoms with Crippen LogP contribution in [-0.4, -0.2) is 93.4 Å². The standard InChI is InChI=1S/3C15H10FNO2.C14H10N2O2.C13H9N3O2/c16-12-2-4-13(5-3-12)17-8-7-10-9-11(15(18)19)1-6-14(10)17;16-10-4-6-11(7-5-10)17-9-8-12-13(15(18)19)2-1-3-14(12)17;16-10-5-7-11(8-6-10)17-9-13(15(18)19)12-3-1-2-4-14(12)17;17-14(18)10-6-7-13-11(8-10)9-15-16(13)12-4-2-1-3-5-12;17-12(18)10-2-3-11-9(8-10)4-7-16(11)13-14-5-1-6-15-13/h3*1-9H,(H,18,19);1-9H,(H,17,18);1-8H,(H,17,18). The number of hydrogen-bond acceptors (Lipinski definition) is 8. The van der Waals surface area contributed by atoms with Crippen molar-refractivity contribution in [1.82, 2.24) is 38.0 Å². The van der Waals surface area contributed by atoms with E-state index in [0.29, 0.717) is 16.7 Å². The number of para-hydroxylation sites is 2. The SMILES string of the molecule is O=C(O)c1ccc2c(ccn2-c2ccc(F)cc2)c1.O=C(O)c1ccc2c(ccn2-c2ncccn2)c1.O=C(O)c1ccc2c(cnn2-c2ccccc2)c1.O=C(O)c1cccc2c1ccn2-c1ccc(F)cc1.O=C(O)c1cn(-c2ccc(F)cc2)c2ccccc12. The third-order valence-corrected chi connectivity index (χ3v) is 14.7. The number of benzene rings is 9. The number of carbonyl (C=O) groups is 5. The lowest BCUT2D eigenvalue weighted by molar-refractivity contribution is 0.0686. The molecule has 0 spiro atoms. The van der Waals surface area contributed by atoms with E-state index in [9.17, 15) is 42.3 Å². The Labute approximate surface area is 524 Å². The summed E-state index contributed by atoms with van der Waals surface area (Å²) in [4.78, 5) is 63.4. The Balaban J connectivity index is 0.000000119. The van der Waals surface area contributed by atoms with Gasteiger partial charge in [0.05, 0.1) is 67.3 Å². The molecule has 93 heavy (non-hydrogen) atoms. The molecular formula is C72H49F3N8O10. The molecule has 0 aliphatic heterocycles. The Morgan fingerprint density at radius 3 is 1.30 bits per heavy atom. The fourth-order valence-electron chi connectivity index (χ4n) is 10.3. The van der Waals surface area contributed by atoms with Gasteiger partial charge in [0.25, 0.3) is 0 Å². The summed E-state index contributed by atoms with van der Waals surface area (Å²) in [7, 11) is 0. The zero-order valence-electron chi connectivity index (χ0n) is 48.4. The number of carboxylic acid groups (broad SMARTS) is 5. The van der Waals surface area contributed by atoms with Crippen molar-refractivity contribution >= 4 is 84.4 Å². The van der Waals surface area contributed by atoms with Crippen LogP contribution in [0.15, 0.2) is 268 Å². The van der Waals surface area contributed by atoms with Gasteiger partial charge in [0.2, 0.25) is 5.95 Å². The highest BCUT2D eigenvalue weighted by atomic mass is 19.1. The molecule has 18 nitrogen and oxygen atoms in total. The predicted molar refractivity (Wildman–Crippen MR) is 344 cm³/mol. The van der Waals surface area contributed by atoms with E-state index in [0.717, 1.165) is 66.5 Å². The molecule has 0 radical (unpaired) electrons. The summed E-state index contributed by atoms with van der Waals surface area (Å²) < 4.78 is 47.9. The average Bonchev–Trinajstić information content (AvgIpc) is 1.73. The van der Waals surface area contributed by atoms with Crippen LogP contribution >= 0.6 is 0 Å². The minimum Gasteiger partial charge on any atom is -0.478 e. The number of aromatic nitrogens is 8. The molecule has 5 N–H and O–H groups in total. The smallest absolute Gasteiger partial charge is 0.337 e. The van der Waals surface area contributed by atoms with Crippen LogP contribution < -0.4 is 0 Å². The summed E-state index contributed by atoms with van der Waals surface area (Å²) in [6, 6.07) is 62.3. The van der Waals surface area contributed by atoms with E-state index in [2.05, 4.69) is 15.1 Å². The molecule has 15 aromatic rings. The molecule has 0 saturated carbocycles. The van der Waals surface area contributed by atoms with E-state index in [1.807, 2.05) is 86.8 Å². The number of nitrogens with zero attached hydrogens (tertiary/aromatic N) is 8. The van der Waals surface area contributed by atoms with Crippen LogP contribution in [0, 0.1) is 17.5 Å². The van der Waals surface area contributed by atoms with Crippen LogP contribution in [-0.2, 0) is 0 Å². The van der Waals surface area contributed by atoms with Gasteiger partial charge in [0, 0.05) is 81.2 Å². The first-order valence-corrected chi connectivity index (χ1v) is 28.2. The van der Waals surface area contributed by atoms with Gasteiger partial charge in [0.1, 0.15) is 17.5 Å². The van der Waals surface area contributed by atoms with Gasteiger partial charge in [-0.1, -0.05) is 42.5 Å². The maximum atomic E-state index is 12.9. The van der Waals surface area contributed by atoms with Crippen molar-refractivity contribution in [3.8, 4) is 28.7 Å². The van der Waals surface area contributed by atoms with Gasteiger partial charge >= 0.3 is 29.8 Å². The maximum Gasteiger partial charge on any atom is 0.337 e. The van der Waals surface area contributed by atoms with Gasteiger partial charge < -0.3 is 39.2 Å². The van der Waals surface area contributed by atoms with E-state index in [1.165, 1.54) is 36.4 Å². The van der Waals surface area contributed by atoms with Crippen molar-refractivity contribution in [2.75, 3.05) is 0 Å². The van der Waals surface area contributed by atoms with Crippen molar-refractivity contribution in [3.63, 3.8) is 0 Å². The molecule has 0 bridgehead atoms. The van der Waals surface area contributed by atoms with E-state index < -0.39 is 29.8 Å². The fraction of sp³-hybridized carbons (Fsp3) is 0. The summed E-state index contributed by atoms with van der Waals surface area (Å²) in [6.45, 7) is 0. The van der Waals surface area contributed by atoms with Crippen molar-refractivity contribution in [2.24, 2.45) is 0 Å². The van der Waals surface area contributed by atoms with Gasteiger partial charge in [0.15, 0.2) is 0 Å². The highest BCUT2D eigenvalue weighted by Gasteiger charge is 2.16. The van der Waals surface area contributed by atoms with Crippen LogP contribution in [0.5, 0.6) is 0 Å². The molecule has 0 atom stereocenters. The minimum atomic E-state index is -0.975. The molecule has 15 rings (SSSR count). The summed E-state index contributed by atoms with van der Waals surface area (Å²) in [5.74, 6) is -5.07. The molecule has 0 saturated heterocycles. The Bertz CT molecular complexity index is 5110. The van der Waals surface area contributed by atoms with Gasteiger partial charge in [-0.25, -0.2) is 51.8 Å². The predicted octanol–water partition coefficient (Wildman–Crippen LogP) is 15.2. The van der Waals surface area contributed by atoms with Crippen LogP contribution in [0.4, 0.5) is 13.2 Å². The largest absolute Gasteiger partial charge is 0.478 e. The molecule has 0 aliphatic carbocycles. The molecule has 458 valence electrons.